The van der Waals surface area contributed by atoms with Crippen molar-refractivity contribution < 1.29 is 8.78 Å². The van der Waals surface area contributed by atoms with E-state index in [4.69, 9.17) is 4.98 Å². The van der Waals surface area contributed by atoms with Gasteiger partial charge in [-0.05, 0) is 66.8 Å². The van der Waals surface area contributed by atoms with Crippen LogP contribution >= 0.6 is 0 Å². The van der Waals surface area contributed by atoms with Crippen LogP contribution in [0.2, 0.25) is 0 Å². The summed E-state index contributed by atoms with van der Waals surface area (Å²) < 4.78 is 32.2. The normalized spacial score (nSPS) is 13.3. The van der Waals surface area contributed by atoms with Gasteiger partial charge in [0.25, 0.3) is 0 Å². The fourth-order valence-electron chi connectivity index (χ4n) is 4.33. The molecule has 7 nitrogen and oxygen atoms in total. The zero-order valence-electron chi connectivity index (χ0n) is 19.9. The average Bonchev–Trinajstić information content (AvgIpc) is 3.47. The molecule has 0 atom stereocenters. The molecule has 1 aromatic carbocycles. The molecule has 4 heterocycles. The van der Waals surface area contributed by atoms with Crippen molar-refractivity contribution in [3.8, 4) is 39.6 Å². The molecule has 5 aromatic rings. The molecular weight excluding hydrogens is 460 g/mol. The highest BCUT2D eigenvalue weighted by molar-refractivity contribution is 5.81. The minimum atomic E-state index is -0.397. The molecule has 1 fully saturated rings. The van der Waals surface area contributed by atoms with Gasteiger partial charge in [0.15, 0.2) is 11.6 Å². The number of hydrogen-bond donors (Lipinski definition) is 0. The molecule has 0 radical (unpaired) electrons. The smallest absolute Gasteiger partial charge is 0.164 e. The summed E-state index contributed by atoms with van der Waals surface area (Å²) in [7, 11) is 1.82. The summed E-state index contributed by atoms with van der Waals surface area (Å²) in [6.45, 7) is 1.98. The number of aryl methyl sites for hydroxylation is 2. The first kappa shape index (κ1) is 22.2. The minimum Gasteiger partial charge on any atom is -0.317 e. The average molecular weight is 484 g/mol. The predicted octanol–water partition coefficient (Wildman–Crippen LogP) is 5.51. The van der Waals surface area contributed by atoms with Crippen LogP contribution in [0.1, 0.15) is 37.1 Å². The lowest BCUT2D eigenvalue weighted by Crippen LogP contribution is -2.02. The van der Waals surface area contributed by atoms with Gasteiger partial charge < -0.3 is 4.57 Å². The Morgan fingerprint density at radius 3 is 2.58 bits per heavy atom. The van der Waals surface area contributed by atoms with Crippen LogP contribution in [0.4, 0.5) is 8.78 Å². The van der Waals surface area contributed by atoms with Gasteiger partial charge in [0.05, 0.1) is 6.20 Å². The van der Waals surface area contributed by atoms with E-state index in [1.165, 1.54) is 18.2 Å². The molecule has 1 aliphatic carbocycles. The molecule has 0 amide bonds. The van der Waals surface area contributed by atoms with Crippen LogP contribution in [0, 0.1) is 11.6 Å². The highest BCUT2D eigenvalue weighted by Gasteiger charge is 2.27. The Labute approximate surface area is 206 Å². The van der Waals surface area contributed by atoms with Crippen LogP contribution in [0.3, 0.4) is 0 Å². The van der Waals surface area contributed by atoms with Crippen molar-refractivity contribution in [2.75, 3.05) is 0 Å². The van der Waals surface area contributed by atoms with E-state index >= 15 is 0 Å². The Hall–Kier alpha value is -4.27. The van der Waals surface area contributed by atoms with Crippen molar-refractivity contribution >= 4 is 0 Å². The Kier molecular flexibility index (Phi) is 5.40. The molecule has 4 aromatic heterocycles. The van der Waals surface area contributed by atoms with E-state index in [0.717, 1.165) is 35.4 Å². The molecule has 0 saturated heterocycles. The highest BCUT2D eigenvalue weighted by Crippen LogP contribution is 2.42. The van der Waals surface area contributed by atoms with Gasteiger partial charge in [-0.2, -0.15) is 5.10 Å². The molecule has 0 unspecified atom stereocenters. The molecule has 1 saturated carbocycles. The lowest BCUT2D eigenvalue weighted by molar-refractivity contribution is 0.624. The molecule has 0 spiro atoms. The molecule has 0 aliphatic heterocycles. The highest BCUT2D eigenvalue weighted by atomic mass is 19.1. The van der Waals surface area contributed by atoms with Crippen molar-refractivity contribution in [3.63, 3.8) is 0 Å². The maximum atomic E-state index is 14.6. The summed E-state index contributed by atoms with van der Waals surface area (Å²) >= 11 is 0. The second-order valence-corrected chi connectivity index (χ2v) is 9.03. The summed E-state index contributed by atoms with van der Waals surface area (Å²) in [5.74, 6) is 0.786. The molecular formula is C27H23F2N7. The van der Waals surface area contributed by atoms with Gasteiger partial charge in [0.1, 0.15) is 23.7 Å². The molecule has 0 bridgehead atoms. The van der Waals surface area contributed by atoms with Gasteiger partial charge >= 0.3 is 0 Å². The predicted molar refractivity (Wildman–Crippen MR) is 131 cm³/mol. The topological polar surface area (TPSA) is 74.3 Å². The zero-order chi connectivity index (χ0) is 24.8. The maximum absolute atomic E-state index is 14.6. The number of nitrogens with zero attached hydrogens (tertiary/aromatic N) is 7. The van der Waals surface area contributed by atoms with Crippen molar-refractivity contribution in [2.24, 2.45) is 7.05 Å². The van der Waals surface area contributed by atoms with Crippen LogP contribution in [0.15, 0.2) is 61.2 Å². The third kappa shape index (κ3) is 4.06. The summed E-state index contributed by atoms with van der Waals surface area (Å²) in [6.07, 6.45) is 7.77. The number of halogens is 2. The van der Waals surface area contributed by atoms with Gasteiger partial charge in [-0.15, -0.1) is 10.2 Å². The Balaban J connectivity index is 1.47. The summed E-state index contributed by atoms with van der Waals surface area (Å²) in [4.78, 5) is 9.31. The monoisotopic (exact) mass is 483 g/mol. The zero-order valence-corrected chi connectivity index (χ0v) is 19.9. The number of rotatable bonds is 6. The third-order valence-corrected chi connectivity index (χ3v) is 6.43. The van der Waals surface area contributed by atoms with E-state index in [-0.39, 0.29) is 11.5 Å². The van der Waals surface area contributed by atoms with Gasteiger partial charge in [0, 0.05) is 41.7 Å². The molecule has 0 N–H and O–H groups in total. The Morgan fingerprint density at radius 1 is 0.972 bits per heavy atom. The van der Waals surface area contributed by atoms with Crippen LogP contribution in [-0.2, 0) is 13.5 Å². The SMILES string of the molecule is CCc1ccc(F)c(-c2cnn(-c3cc(-c4ccc(F)cc4-c4nncn4C)cc(C4CC4)n3)c2)n1. The standard InChI is InChI=1S/C27H23F2N7/c1-3-20-7-9-23(29)26(32-20)18-13-31-36(14-18)25-11-17(10-24(33-25)16-4-5-16)21-8-6-19(28)12-22(21)27-34-30-15-35(27)2/h6-16H,3-5H2,1-2H3. The fourth-order valence-corrected chi connectivity index (χ4v) is 4.33. The van der Waals surface area contributed by atoms with Crippen molar-refractivity contribution in [1.29, 1.82) is 0 Å². The summed E-state index contributed by atoms with van der Waals surface area (Å²) in [6, 6.07) is 11.7. The van der Waals surface area contributed by atoms with E-state index in [0.29, 0.717) is 35.1 Å². The first-order valence-corrected chi connectivity index (χ1v) is 11.9. The summed E-state index contributed by atoms with van der Waals surface area (Å²) in [5, 5.41) is 12.6. The first-order valence-electron chi connectivity index (χ1n) is 11.9. The number of aromatic nitrogens is 7. The molecule has 180 valence electrons. The quantitative estimate of drug-likeness (QED) is 0.318. The first-order chi connectivity index (χ1) is 17.5. The van der Waals surface area contributed by atoms with Crippen molar-refractivity contribution in [3.05, 3.63) is 84.2 Å². The third-order valence-electron chi connectivity index (χ3n) is 6.43. The molecule has 9 heteroatoms. The van der Waals surface area contributed by atoms with Gasteiger partial charge in [-0.3, -0.25) is 0 Å². The lowest BCUT2D eigenvalue weighted by atomic mass is 9.98. The van der Waals surface area contributed by atoms with Gasteiger partial charge in [0.2, 0.25) is 0 Å². The van der Waals surface area contributed by atoms with Crippen LogP contribution < -0.4 is 0 Å². The fraction of sp³-hybridized carbons (Fsp3) is 0.222. The molecule has 1 aliphatic rings. The van der Waals surface area contributed by atoms with Gasteiger partial charge in [-0.25, -0.2) is 23.4 Å². The number of hydrogen-bond acceptors (Lipinski definition) is 5. The van der Waals surface area contributed by atoms with Crippen LogP contribution in [0.5, 0.6) is 0 Å². The van der Waals surface area contributed by atoms with Gasteiger partial charge in [-0.1, -0.05) is 13.0 Å². The number of benzene rings is 1. The Bertz CT molecular complexity index is 1580. The Morgan fingerprint density at radius 2 is 1.83 bits per heavy atom. The second-order valence-electron chi connectivity index (χ2n) is 9.03. The molecule has 36 heavy (non-hydrogen) atoms. The van der Waals surface area contributed by atoms with E-state index in [9.17, 15) is 8.78 Å². The van der Waals surface area contributed by atoms with E-state index in [1.54, 1.807) is 40.1 Å². The minimum absolute atomic E-state index is 0.266. The van der Waals surface area contributed by atoms with Crippen LogP contribution in [-0.4, -0.2) is 34.5 Å². The van der Waals surface area contributed by atoms with Crippen molar-refractivity contribution in [2.45, 2.75) is 32.1 Å². The number of pyridine rings is 2. The largest absolute Gasteiger partial charge is 0.317 e. The molecule has 6 rings (SSSR count). The van der Waals surface area contributed by atoms with Crippen LogP contribution in [0.25, 0.3) is 39.6 Å². The van der Waals surface area contributed by atoms with E-state index in [1.807, 2.05) is 26.1 Å². The van der Waals surface area contributed by atoms with E-state index < -0.39 is 5.82 Å². The lowest BCUT2D eigenvalue weighted by Gasteiger charge is -2.13. The maximum Gasteiger partial charge on any atom is 0.164 e. The summed E-state index contributed by atoms with van der Waals surface area (Å²) in [5.41, 5.74) is 4.92. The second kappa shape index (κ2) is 8.75. The van der Waals surface area contributed by atoms with Crippen molar-refractivity contribution in [1.82, 2.24) is 34.5 Å². The van der Waals surface area contributed by atoms with E-state index in [2.05, 4.69) is 20.3 Å².